The van der Waals surface area contributed by atoms with Crippen molar-refractivity contribution in [2.75, 3.05) is 12.0 Å². The van der Waals surface area contributed by atoms with Crippen molar-refractivity contribution in [2.45, 2.75) is 32.9 Å². The maximum Gasteiger partial charge on any atom is 0.326 e. The number of hydrogen-bond donors (Lipinski definition) is 3. The van der Waals surface area contributed by atoms with Gasteiger partial charge in [0.1, 0.15) is 6.04 Å². The third kappa shape index (κ3) is 6.08. The molecule has 0 aliphatic carbocycles. The lowest BCUT2D eigenvalue weighted by Gasteiger charge is -2.15. The van der Waals surface area contributed by atoms with Crippen molar-refractivity contribution < 1.29 is 14.7 Å². The summed E-state index contributed by atoms with van der Waals surface area (Å²) in [6.45, 7) is 4.42. The van der Waals surface area contributed by atoms with E-state index in [0.29, 0.717) is 18.7 Å². The molecule has 0 saturated heterocycles. The van der Waals surface area contributed by atoms with E-state index in [0.717, 1.165) is 11.1 Å². The Morgan fingerprint density at radius 3 is 2.57 bits per heavy atom. The SMILES string of the molecule is CSCCC(NC(=O)NCc1ccc(C)c(C)c1)C(=O)O. The van der Waals surface area contributed by atoms with Crippen molar-refractivity contribution in [2.24, 2.45) is 0 Å². The van der Waals surface area contributed by atoms with E-state index in [4.69, 9.17) is 5.11 Å². The Morgan fingerprint density at radius 2 is 2.00 bits per heavy atom. The lowest BCUT2D eigenvalue weighted by molar-refractivity contribution is -0.139. The number of carbonyl (C=O) groups excluding carboxylic acids is 1. The van der Waals surface area contributed by atoms with Gasteiger partial charge in [0.25, 0.3) is 0 Å². The Hall–Kier alpha value is -1.69. The zero-order chi connectivity index (χ0) is 15.8. The van der Waals surface area contributed by atoms with Crippen LogP contribution in [0.1, 0.15) is 23.1 Å². The number of carbonyl (C=O) groups is 2. The van der Waals surface area contributed by atoms with Gasteiger partial charge in [-0.2, -0.15) is 11.8 Å². The number of aliphatic carboxylic acids is 1. The minimum Gasteiger partial charge on any atom is -0.480 e. The second-order valence-corrected chi connectivity index (χ2v) is 5.90. The monoisotopic (exact) mass is 310 g/mol. The number of carboxylic acid groups (broad SMARTS) is 1. The standard InChI is InChI=1S/C15H22N2O3S/c1-10-4-5-12(8-11(10)2)9-16-15(20)17-13(14(18)19)6-7-21-3/h4-5,8,13H,6-7,9H2,1-3H3,(H,18,19)(H2,16,17,20). The van der Waals surface area contributed by atoms with Crippen LogP contribution in [0.25, 0.3) is 0 Å². The van der Waals surface area contributed by atoms with E-state index in [1.807, 2.05) is 38.3 Å². The zero-order valence-corrected chi connectivity index (χ0v) is 13.4. The third-order valence-corrected chi connectivity index (χ3v) is 3.88. The minimum absolute atomic E-state index is 0.377. The summed E-state index contributed by atoms with van der Waals surface area (Å²) < 4.78 is 0. The molecule has 0 aromatic heterocycles. The third-order valence-electron chi connectivity index (χ3n) is 3.24. The summed E-state index contributed by atoms with van der Waals surface area (Å²) in [5, 5.41) is 14.2. The fraction of sp³-hybridized carbons (Fsp3) is 0.467. The molecule has 5 nitrogen and oxygen atoms in total. The fourth-order valence-corrected chi connectivity index (χ4v) is 2.27. The number of carboxylic acids is 1. The molecule has 0 aliphatic heterocycles. The molecule has 0 bridgehead atoms. The number of thioether (sulfide) groups is 1. The van der Waals surface area contributed by atoms with Crippen LogP contribution in [0.2, 0.25) is 0 Å². The van der Waals surface area contributed by atoms with Crippen molar-refractivity contribution in [1.29, 1.82) is 0 Å². The minimum atomic E-state index is -1.01. The van der Waals surface area contributed by atoms with E-state index in [1.165, 1.54) is 5.56 Å². The molecule has 0 radical (unpaired) electrons. The van der Waals surface area contributed by atoms with E-state index in [-0.39, 0.29) is 0 Å². The predicted octanol–water partition coefficient (Wildman–Crippen LogP) is 2.31. The number of aryl methyl sites for hydroxylation is 2. The first-order valence-electron chi connectivity index (χ1n) is 6.76. The van der Waals surface area contributed by atoms with Gasteiger partial charge in [-0.3, -0.25) is 0 Å². The molecule has 0 spiro atoms. The van der Waals surface area contributed by atoms with Crippen LogP contribution in [0.4, 0.5) is 4.79 Å². The molecular weight excluding hydrogens is 288 g/mol. The van der Waals surface area contributed by atoms with Gasteiger partial charge in [-0.1, -0.05) is 18.2 Å². The summed E-state index contributed by atoms with van der Waals surface area (Å²) in [6, 6.07) is 4.66. The average molecular weight is 310 g/mol. The van der Waals surface area contributed by atoms with Crippen LogP contribution in [0.15, 0.2) is 18.2 Å². The van der Waals surface area contributed by atoms with Gasteiger partial charge in [0.15, 0.2) is 0 Å². The first-order chi connectivity index (χ1) is 9.93. The first kappa shape index (κ1) is 17.4. The maximum atomic E-state index is 11.8. The van der Waals surface area contributed by atoms with Gasteiger partial charge in [-0.05, 0) is 49.0 Å². The Kier molecular flexibility index (Phi) is 7.08. The number of benzene rings is 1. The Balaban J connectivity index is 2.48. The lowest BCUT2D eigenvalue weighted by Crippen LogP contribution is -2.46. The number of rotatable bonds is 7. The fourth-order valence-electron chi connectivity index (χ4n) is 1.80. The second-order valence-electron chi connectivity index (χ2n) is 4.92. The van der Waals surface area contributed by atoms with E-state index < -0.39 is 18.0 Å². The average Bonchev–Trinajstić information content (AvgIpc) is 2.44. The highest BCUT2D eigenvalue weighted by Crippen LogP contribution is 2.09. The van der Waals surface area contributed by atoms with E-state index in [1.54, 1.807) is 11.8 Å². The highest BCUT2D eigenvalue weighted by atomic mass is 32.2. The molecule has 1 aromatic rings. The van der Waals surface area contributed by atoms with Gasteiger partial charge in [0, 0.05) is 6.54 Å². The van der Waals surface area contributed by atoms with Crippen LogP contribution in [-0.4, -0.2) is 35.2 Å². The first-order valence-corrected chi connectivity index (χ1v) is 8.15. The predicted molar refractivity (Wildman–Crippen MR) is 85.7 cm³/mol. The lowest BCUT2D eigenvalue weighted by atomic mass is 10.1. The molecule has 1 rings (SSSR count). The highest BCUT2D eigenvalue weighted by molar-refractivity contribution is 7.98. The van der Waals surface area contributed by atoms with Gasteiger partial charge < -0.3 is 15.7 Å². The molecule has 2 amide bonds. The summed E-state index contributed by atoms with van der Waals surface area (Å²) in [5.41, 5.74) is 3.36. The van der Waals surface area contributed by atoms with Gasteiger partial charge in [-0.25, -0.2) is 9.59 Å². The van der Waals surface area contributed by atoms with E-state index in [2.05, 4.69) is 10.6 Å². The van der Waals surface area contributed by atoms with Gasteiger partial charge in [0.05, 0.1) is 0 Å². The Bertz CT molecular complexity index is 506. The van der Waals surface area contributed by atoms with E-state index in [9.17, 15) is 9.59 Å². The number of hydrogen-bond acceptors (Lipinski definition) is 3. The molecule has 21 heavy (non-hydrogen) atoms. The molecule has 1 aromatic carbocycles. The normalized spacial score (nSPS) is 11.8. The molecular formula is C15H22N2O3S. The summed E-state index contributed by atoms with van der Waals surface area (Å²) in [5.74, 6) is -0.320. The molecule has 6 heteroatoms. The van der Waals surface area contributed by atoms with Crippen molar-refractivity contribution >= 4 is 23.8 Å². The van der Waals surface area contributed by atoms with Gasteiger partial charge >= 0.3 is 12.0 Å². The molecule has 0 fully saturated rings. The molecule has 0 aliphatic rings. The van der Waals surface area contributed by atoms with Crippen molar-refractivity contribution in [1.82, 2.24) is 10.6 Å². The quantitative estimate of drug-likeness (QED) is 0.722. The summed E-state index contributed by atoms with van der Waals surface area (Å²) >= 11 is 1.55. The van der Waals surface area contributed by atoms with Crippen LogP contribution >= 0.6 is 11.8 Å². The topological polar surface area (TPSA) is 78.4 Å². The van der Waals surface area contributed by atoms with Crippen LogP contribution < -0.4 is 10.6 Å². The highest BCUT2D eigenvalue weighted by Gasteiger charge is 2.18. The van der Waals surface area contributed by atoms with Gasteiger partial charge in [-0.15, -0.1) is 0 Å². The van der Waals surface area contributed by atoms with Crippen LogP contribution in [0.5, 0.6) is 0 Å². The van der Waals surface area contributed by atoms with Crippen molar-refractivity contribution in [3.8, 4) is 0 Å². The smallest absolute Gasteiger partial charge is 0.326 e. The molecule has 0 heterocycles. The molecule has 1 atom stereocenters. The van der Waals surface area contributed by atoms with E-state index >= 15 is 0 Å². The second kappa shape index (κ2) is 8.56. The maximum absolute atomic E-state index is 11.8. The zero-order valence-electron chi connectivity index (χ0n) is 12.6. The van der Waals surface area contributed by atoms with Crippen molar-refractivity contribution in [3.63, 3.8) is 0 Å². The number of amides is 2. The summed E-state index contributed by atoms with van der Waals surface area (Å²) in [6.07, 6.45) is 2.31. The molecule has 1 unspecified atom stereocenters. The summed E-state index contributed by atoms with van der Waals surface area (Å²) in [4.78, 5) is 22.8. The van der Waals surface area contributed by atoms with Crippen LogP contribution in [0.3, 0.4) is 0 Å². The molecule has 116 valence electrons. The summed E-state index contributed by atoms with van der Waals surface area (Å²) in [7, 11) is 0. The number of urea groups is 1. The van der Waals surface area contributed by atoms with Crippen LogP contribution in [0, 0.1) is 13.8 Å². The molecule has 3 N–H and O–H groups in total. The van der Waals surface area contributed by atoms with Gasteiger partial charge in [0.2, 0.25) is 0 Å². The Labute approximate surface area is 129 Å². The largest absolute Gasteiger partial charge is 0.480 e. The Morgan fingerprint density at radius 1 is 1.29 bits per heavy atom. The van der Waals surface area contributed by atoms with Crippen LogP contribution in [-0.2, 0) is 11.3 Å². The molecule has 0 saturated carbocycles. The van der Waals surface area contributed by atoms with Crippen molar-refractivity contribution in [3.05, 3.63) is 34.9 Å². The number of nitrogens with one attached hydrogen (secondary N) is 2.